The molecule has 1 atom stereocenters. The molecule has 0 spiro atoms. The van der Waals surface area contributed by atoms with Gasteiger partial charge in [-0.2, -0.15) is 4.31 Å². The Morgan fingerprint density at radius 2 is 2.37 bits per heavy atom. The van der Waals surface area contributed by atoms with Crippen molar-refractivity contribution in [2.24, 2.45) is 5.92 Å². The van der Waals surface area contributed by atoms with E-state index >= 15 is 0 Å². The quantitative estimate of drug-likeness (QED) is 0.763. The number of nitrogens with zero attached hydrogens (tertiary/aromatic N) is 2. The van der Waals surface area contributed by atoms with Gasteiger partial charge in [0, 0.05) is 30.9 Å². The Morgan fingerprint density at radius 1 is 1.63 bits per heavy atom. The summed E-state index contributed by atoms with van der Waals surface area (Å²) < 4.78 is 32.1. The first-order valence-corrected chi connectivity index (χ1v) is 8.36. The van der Waals surface area contributed by atoms with Crippen molar-refractivity contribution in [1.29, 1.82) is 0 Å². The Hall–Kier alpha value is -0.210. The number of sulfonamides is 1. The minimum atomic E-state index is -3.59. The van der Waals surface area contributed by atoms with Crippen LogP contribution in [-0.4, -0.2) is 44.5 Å². The fourth-order valence-corrected chi connectivity index (χ4v) is 4.56. The minimum absolute atomic E-state index is 0.00149. The van der Waals surface area contributed by atoms with Crippen LogP contribution in [0.1, 0.15) is 6.42 Å². The summed E-state index contributed by atoms with van der Waals surface area (Å²) in [6.07, 6.45) is 2.27. The van der Waals surface area contributed by atoms with Gasteiger partial charge in [0.25, 0.3) is 0 Å². The zero-order valence-corrected chi connectivity index (χ0v) is 13.5. The van der Waals surface area contributed by atoms with E-state index in [2.05, 4.69) is 20.9 Å². The van der Waals surface area contributed by atoms with Crippen LogP contribution < -0.4 is 0 Å². The monoisotopic (exact) mass is 368 g/mol. The van der Waals surface area contributed by atoms with E-state index in [9.17, 15) is 8.42 Å². The van der Waals surface area contributed by atoms with Crippen LogP contribution in [0.4, 0.5) is 0 Å². The Kier molecular flexibility index (Phi) is 4.84. The van der Waals surface area contributed by atoms with Crippen LogP contribution in [0, 0.1) is 5.92 Å². The number of methoxy groups -OCH3 is 1. The molecule has 8 heteroatoms. The SMILES string of the molecule is COCC1CCN(S(=O)(=O)c2cc(Br)cnc2Cl)C1. The molecule has 0 bridgehead atoms. The number of hydrogen-bond acceptors (Lipinski definition) is 4. The highest BCUT2D eigenvalue weighted by Crippen LogP contribution is 2.29. The minimum Gasteiger partial charge on any atom is -0.384 e. The van der Waals surface area contributed by atoms with Gasteiger partial charge in [0.15, 0.2) is 0 Å². The largest absolute Gasteiger partial charge is 0.384 e. The molecule has 1 aliphatic heterocycles. The molecule has 1 aromatic rings. The molecule has 0 N–H and O–H groups in total. The van der Waals surface area contributed by atoms with E-state index in [0.717, 1.165) is 6.42 Å². The third kappa shape index (κ3) is 3.28. The second-order valence-corrected chi connectivity index (χ2v) is 7.60. The first kappa shape index (κ1) is 15.2. The first-order valence-electron chi connectivity index (χ1n) is 5.75. The summed E-state index contributed by atoms with van der Waals surface area (Å²) in [7, 11) is -1.97. The molecule has 0 amide bonds. The molecule has 5 nitrogen and oxygen atoms in total. The van der Waals surface area contributed by atoms with E-state index in [1.807, 2.05) is 0 Å². The maximum absolute atomic E-state index is 12.5. The molecule has 1 fully saturated rings. The van der Waals surface area contributed by atoms with Crippen molar-refractivity contribution in [2.45, 2.75) is 11.3 Å². The molecule has 1 aliphatic rings. The lowest BCUT2D eigenvalue weighted by Crippen LogP contribution is -2.29. The number of halogens is 2. The highest BCUT2D eigenvalue weighted by Gasteiger charge is 2.34. The highest BCUT2D eigenvalue weighted by atomic mass is 79.9. The lowest BCUT2D eigenvalue weighted by Gasteiger charge is -2.17. The number of pyridine rings is 1. The molecule has 0 aliphatic carbocycles. The third-order valence-electron chi connectivity index (χ3n) is 3.04. The van der Waals surface area contributed by atoms with Gasteiger partial charge >= 0.3 is 0 Å². The van der Waals surface area contributed by atoms with Crippen molar-refractivity contribution in [2.75, 3.05) is 26.8 Å². The fraction of sp³-hybridized carbons (Fsp3) is 0.545. The van der Waals surface area contributed by atoms with Gasteiger partial charge in [0.2, 0.25) is 10.0 Å². The number of ether oxygens (including phenoxy) is 1. The van der Waals surface area contributed by atoms with E-state index in [1.54, 1.807) is 7.11 Å². The van der Waals surface area contributed by atoms with Crippen LogP contribution in [0.5, 0.6) is 0 Å². The van der Waals surface area contributed by atoms with Crippen LogP contribution in [-0.2, 0) is 14.8 Å². The maximum atomic E-state index is 12.5. The van der Waals surface area contributed by atoms with Gasteiger partial charge in [-0.1, -0.05) is 11.6 Å². The van der Waals surface area contributed by atoms with Crippen LogP contribution in [0.25, 0.3) is 0 Å². The second kappa shape index (κ2) is 6.05. The second-order valence-electron chi connectivity index (χ2n) is 4.42. The van der Waals surface area contributed by atoms with Crippen molar-refractivity contribution in [3.8, 4) is 0 Å². The lowest BCUT2D eigenvalue weighted by atomic mass is 10.1. The van der Waals surface area contributed by atoms with Gasteiger partial charge in [0.05, 0.1) is 6.61 Å². The van der Waals surface area contributed by atoms with E-state index < -0.39 is 10.0 Å². The van der Waals surface area contributed by atoms with Crippen LogP contribution in [0.3, 0.4) is 0 Å². The number of aromatic nitrogens is 1. The molecule has 2 rings (SSSR count). The molecule has 1 aromatic heterocycles. The summed E-state index contributed by atoms with van der Waals surface area (Å²) in [6.45, 7) is 1.51. The van der Waals surface area contributed by atoms with Crippen molar-refractivity contribution in [3.05, 3.63) is 21.9 Å². The summed E-state index contributed by atoms with van der Waals surface area (Å²) in [5, 5.41) is -0.00149. The molecular formula is C11H14BrClN2O3S. The molecule has 1 unspecified atom stereocenters. The van der Waals surface area contributed by atoms with Crippen molar-refractivity contribution >= 4 is 37.6 Å². The molecular weight excluding hydrogens is 356 g/mol. The Labute approximate surface area is 126 Å². The lowest BCUT2D eigenvalue weighted by molar-refractivity contribution is 0.157. The normalized spacial score (nSPS) is 20.9. The summed E-state index contributed by atoms with van der Waals surface area (Å²) in [6, 6.07) is 1.48. The zero-order valence-electron chi connectivity index (χ0n) is 10.3. The van der Waals surface area contributed by atoms with Gasteiger partial charge in [-0.3, -0.25) is 0 Å². The molecule has 0 saturated carbocycles. The topological polar surface area (TPSA) is 59.5 Å². The van der Waals surface area contributed by atoms with E-state index in [1.165, 1.54) is 16.6 Å². The third-order valence-corrected chi connectivity index (χ3v) is 5.77. The Morgan fingerprint density at radius 3 is 3.05 bits per heavy atom. The average molecular weight is 370 g/mol. The van der Waals surface area contributed by atoms with Gasteiger partial charge in [-0.15, -0.1) is 0 Å². The Bertz CT molecular complexity index is 567. The fourth-order valence-electron chi connectivity index (χ4n) is 2.11. The average Bonchev–Trinajstić information content (AvgIpc) is 2.82. The van der Waals surface area contributed by atoms with E-state index in [0.29, 0.717) is 24.2 Å². The zero-order chi connectivity index (χ0) is 14.0. The van der Waals surface area contributed by atoms with Gasteiger partial charge < -0.3 is 4.74 Å². The van der Waals surface area contributed by atoms with Gasteiger partial charge in [0.1, 0.15) is 10.0 Å². The number of hydrogen-bond donors (Lipinski definition) is 0. The summed E-state index contributed by atoms with van der Waals surface area (Å²) in [4.78, 5) is 3.90. The van der Waals surface area contributed by atoms with Crippen LogP contribution in [0.15, 0.2) is 21.6 Å². The smallest absolute Gasteiger partial charge is 0.246 e. The van der Waals surface area contributed by atoms with E-state index in [4.69, 9.17) is 16.3 Å². The predicted molar refractivity (Wildman–Crippen MR) is 75.7 cm³/mol. The van der Waals surface area contributed by atoms with Gasteiger partial charge in [-0.25, -0.2) is 13.4 Å². The molecule has 19 heavy (non-hydrogen) atoms. The molecule has 1 saturated heterocycles. The van der Waals surface area contributed by atoms with Crippen molar-refractivity contribution < 1.29 is 13.2 Å². The van der Waals surface area contributed by atoms with Crippen molar-refractivity contribution in [1.82, 2.24) is 9.29 Å². The van der Waals surface area contributed by atoms with Crippen LogP contribution in [0.2, 0.25) is 5.15 Å². The summed E-state index contributed by atoms with van der Waals surface area (Å²) in [5.41, 5.74) is 0. The van der Waals surface area contributed by atoms with E-state index in [-0.39, 0.29) is 16.0 Å². The van der Waals surface area contributed by atoms with Gasteiger partial charge in [-0.05, 0) is 34.3 Å². The first-order chi connectivity index (χ1) is 8.95. The summed E-state index contributed by atoms with van der Waals surface area (Å²) in [5.74, 6) is 0.235. The standard InChI is InChI=1S/C11H14BrClN2O3S/c1-18-7-8-2-3-15(6-8)19(16,17)10-4-9(12)5-14-11(10)13/h4-5,8H,2-3,6-7H2,1H3. The Balaban J connectivity index is 2.26. The molecule has 0 aromatic carbocycles. The summed E-state index contributed by atoms with van der Waals surface area (Å²) >= 11 is 9.10. The molecule has 106 valence electrons. The maximum Gasteiger partial charge on any atom is 0.246 e. The highest BCUT2D eigenvalue weighted by molar-refractivity contribution is 9.10. The van der Waals surface area contributed by atoms with Crippen LogP contribution >= 0.6 is 27.5 Å². The molecule has 0 radical (unpaired) electrons. The number of rotatable bonds is 4. The molecule has 2 heterocycles. The van der Waals surface area contributed by atoms with Crippen molar-refractivity contribution in [3.63, 3.8) is 0 Å². The predicted octanol–water partition coefficient (Wildman–Crippen LogP) is 2.15.